The Labute approximate surface area is 136 Å². The number of rotatable bonds is 4. The zero-order valence-corrected chi connectivity index (χ0v) is 13.0. The largest absolute Gasteiger partial charge is 0.410 e. The minimum absolute atomic E-state index is 0.0192. The standard InChI is InChI=1S/C15H15N3O4S/c19-13-15(21,6-8-18(13)11-4-2-1-3-5-11)22-14(20)17-10-12-16-7-9-23-12/h1-5,7,9,21H,6,8,10H2,(H,17,20)/t15-/m0/s1. The van der Waals surface area contributed by atoms with Gasteiger partial charge >= 0.3 is 6.09 Å². The molecule has 1 aromatic carbocycles. The molecule has 1 fully saturated rings. The molecule has 2 amide bonds. The molecular weight excluding hydrogens is 318 g/mol. The van der Waals surface area contributed by atoms with Crippen LogP contribution in [-0.2, 0) is 16.1 Å². The van der Waals surface area contributed by atoms with Crippen molar-refractivity contribution in [3.05, 3.63) is 46.9 Å². The molecule has 0 bridgehead atoms. The van der Waals surface area contributed by atoms with E-state index >= 15 is 0 Å². The van der Waals surface area contributed by atoms with Crippen molar-refractivity contribution >= 4 is 29.0 Å². The molecule has 1 aliphatic rings. The number of alkyl carbamates (subject to hydrolysis) is 1. The van der Waals surface area contributed by atoms with E-state index in [1.807, 2.05) is 6.07 Å². The molecule has 0 unspecified atom stereocenters. The zero-order chi connectivity index (χ0) is 16.3. The topological polar surface area (TPSA) is 91.8 Å². The first kappa shape index (κ1) is 15.4. The van der Waals surface area contributed by atoms with Gasteiger partial charge in [0, 0.05) is 30.2 Å². The van der Waals surface area contributed by atoms with Gasteiger partial charge in [-0.25, -0.2) is 9.78 Å². The van der Waals surface area contributed by atoms with Crippen LogP contribution in [0.3, 0.4) is 0 Å². The first-order chi connectivity index (χ1) is 11.1. The quantitative estimate of drug-likeness (QED) is 0.827. The molecule has 2 heterocycles. The first-order valence-electron chi connectivity index (χ1n) is 7.03. The monoisotopic (exact) mass is 333 g/mol. The van der Waals surface area contributed by atoms with Crippen LogP contribution in [0.15, 0.2) is 41.9 Å². The number of nitrogens with zero attached hydrogens (tertiary/aromatic N) is 2. The van der Waals surface area contributed by atoms with Gasteiger partial charge in [-0.1, -0.05) is 18.2 Å². The number of aliphatic hydroxyl groups is 1. The Morgan fingerprint density at radius 2 is 2.22 bits per heavy atom. The van der Waals surface area contributed by atoms with Gasteiger partial charge in [-0.2, -0.15) is 0 Å². The molecule has 1 aliphatic heterocycles. The molecule has 2 aromatic rings. The lowest BCUT2D eigenvalue weighted by Gasteiger charge is -2.22. The number of carbonyl (C=O) groups is 2. The molecule has 1 saturated heterocycles. The lowest BCUT2D eigenvalue weighted by atomic mass is 10.2. The molecule has 7 nitrogen and oxygen atoms in total. The maximum atomic E-state index is 12.4. The van der Waals surface area contributed by atoms with Crippen LogP contribution in [0.5, 0.6) is 0 Å². The lowest BCUT2D eigenvalue weighted by Crippen LogP contribution is -2.46. The number of amides is 2. The summed E-state index contributed by atoms with van der Waals surface area (Å²) in [6.45, 7) is 0.461. The van der Waals surface area contributed by atoms with Gasteiger partial charge in [0.1, 0.15) is 5.01 Å². The molecule has 23 heavy (non-hydrogen) atoms. The van der Waals surface area contributed by atoms with Crippen molar-refractivity contribution in [2.45, 2.75) is 18.8 Å². The van der Waals surface area contributed by atoms with Crippen molar-refractivity contribution in [2.24, 2.45) is 0 Å². The predicted octanol–water partition coefficient (Wildman–Crippen LogP) is 1.49. The van der Waals surface area contributed by atoms with Gasteiger partial charge in [0.05, 0.1) is 6.54 Å². The highest BCUT2D eigenvalue weighted by Gasteiger charge is 2.49. The normalized spacial score (nSPS) is 20.6. The van der Waals surface area contributed by atoms with Crippen molar-refractivity contribution in [3.63, 3.8) is 0 Å². The Morgan fingerprint density at radius 1 is 1.43 bits per heavy atom. The van der Waals surface area contributed by atoms with Gasteiger partial charge in [0.2, 0.25) is 0 Å². The van der Waals surface area contributed by atoms with Gasteiger partial charge in [-0.3, -0.25) is 4.79 Å². The van der Waals surface area contributed by atoms with Gasteiger partial charge in [-0.05, 0) is 12.1 Å². The fourth-order valence-corrected chi connectivity index (χ4v) is 2.87. The summed E-state index contributed by atoms with van der Waals surface area (Å²) in [6.07, 6.45) is 0.787. The maximum Gasteiger partial charge on any atom is 0.410 e. The van der Waals surface area contributed by atoms with Crippen LogP contribution in [0, 0.1) is 0 Å². The second-order valence-corrected chi connectivity index (χ2v) is 5.97. The van der Waals surface area contributed by atoms with Crippen LogP contribution in [0.2, 0.25) is 0 Å². The predicted molar refractivity (Wildman–Crippen MR) is 83.8 cm³/mol. The Morgan fingerprint density at radius 3 is 2.91 bits per heavy atom. The van der Waals surface area contributed by atoms with Crippen LogP contribution in [0.25, 0.3) is 0 Å². The Bertz CT molecular complexity index is 692. The SMILES string of the molecule is O=C(NCc1nccs1)O[C@@]1(O)CCN(c2ccccc2)C1=O. The van der Waals surface area contributed by atoms with Crippen LogP contribution < -0.4 is 10.2 Å². The molecule has 8 heteroatoms. The number of ether oxygens (including phenoxy) is 1. The second-order valence-electron chi connectivity index (χ2n) is 5.00. The highest BCUT2D eigenvalue weighted by molar-refractivity contribution is 7.09. The van der Waals surface area contributed by atoms with Gasteiger partial charge in [0.15, 0.2) is 0 Å². The van der Waals surface area contributed by atoms with E-state index in [1.54, 1.807) is 35.8 Å². The highest BCUT2D eigenvalue weighted by Crippen LogP contribution is 2.29. The molecule has 0 aliphatic carbocycles. The summed E-state index contributed by atoms with van der Waals surface area (Å²) in [7, 11) is 0. The first-order valence-corrected chi connectivity index (χ1v) is 7.91. The van der Waals surface area contributed by atoms with E-state index in [0.717, 1.165) is 0 Å². The number of carbonyl (C=O) groups excluding carboxylic acids is 2. The van der Waals surface area contributed by atoms with E-state index in [2.05, 4.69) is 10.3 Å². The van der Waals surface area contributed by atoms with Gasteiger partial charge < -0.3 is 20.1 Å². The maximum absolute atomic E-state index is 12.4. The fourth-order valence-electron chi connectivity index (χ4n) is 2.31. The summed E-state index contributed by atoms with van der Waals surface area (Å²) < 4.78 is 4.95. The van der Waals surface area contributed by atoms with Crippen molar-refractivity contribution < 1.29 is 19.4 Å². The van der Waals surface area contributed by atoms with E-state index in [9.17, 15) is 14.7 Å². The average Bonchev–Trinajstić information content (AvgIpc) is 3.16. The van der Waals surface area contributed by atoms with Crippen molar-refractivity contribution in [3.8, 4) is 0 Å². The van der Waals surface area contributed by atoms with Crippen LogP contribution in [0.4, 0.5) is 10.5 Å². The second kappa shape index (κ2) is 6.35. The third-order valence-electron chi connectivity index (χ3n) is 3.45. The summed E-state index contributed by atoms with van der Waals surface area (Å²) in [5, 5.41) is 15.3. The fraction of sp³-hybridized carbons (Fsp3) is 0.267. The summed E-state index contributed by atoms with van der Waals surface area (Å²) in [5.41, 5.74) is 0.653. The van der Waals surface area contributed by atoms with Gasteiger partial charge in [-0.15, -0.1) is 11.3 Å². The number of aromatic nitrogens is 1. The van der Waals surface area contributed by atoms with E-state index in [1.165, 1.54) is 16.2 Å². The number of hydrogen-bond donors (Lipinski definition) is 2. The number of benzene rings is 1. The number of thiazole rings is 1. The van der Waals surface area contributed by atoms with Crippen LogP contribution in [-0.4, -0.2) is 34.4 Å². The number of hydrogen-bond acceptors (Lipinski definition) is 6. The van der Waals surface area contributed by atoms with Crippen LogP contribution >= 0.6 is 11.3 Å². The average molecular weight is 333 g/mol. The lowest BCUT2D eigenvalue weighted by molar-refractivity contribution is -0.175. The summed E-state index contributed by atoms with van der Waals surface area (Å²) in [5.74, 6) is -2.78. The van der Waals surface area contributed by atoms with E-state index in [4.69, 9.17) is 4.74 Å². The van der Waals surface area contributed by atoms with Crippen LogP contribution in [0.1, 0.15) is 11.4 Å². The minimum atomic E-state index is -2.14. The molecule has 1 aromatic heterocycles. The highest BCUT2D eigenvalue weighted by atomic mass is 32.1. The van der Waals surface area contributed by atoms with E-state index in [0.29, 0.717) is 10.7 Å². The molecule has 1 atom stereocenters. The summed E-state index contributed by atoms with van der Waals surface area (Å²) in [4.78, 5) is 29.6. The van der Waals surface area contributed by atoms with Crippen molar-refractivity contribution in [1.29, 1.82) is 0 Å². The van der Waals surface area contributed by atoms with Gasteiger partial charge in [0.25, 0.3) is 11.7 Å². The molecule has 0 spiro atoms. The summed E-state index contributed by atoms with van der Waals surface area (Å²) in [6, 6.07) is 8.93. The smallest absolute Gasteiger partial charge is 0.407 e. The number of anilines is 1. The molecule has 0 saturated carbocycles. The van der Waals surface area contributed by atoms with E-state index < -0.39 is 17.8 Å². The molecule has 120 valence electrons. The Hall–Kier alpha value is -2.45. The third kappa shape index (κ3) is 3.33. The zero-order valence-electron chi connectivity index (χ0n) is 12.1. The molecule has 0 radical (unpaired) electrons. The molecule has 3 rings (SSSR count). The number of para-hydroxylation sites is 1. The third-order valence-corrected chi connectivity index (χ3v) is 4.23. The molecular formula is C15H15N3O4S. The van der Waals surface area contributed by atoms with Crippen molar-refractivity contribution in [1.82, 2.24) is 10.3 Å². The van der Waals surface area contributed by atoms with E-state index in [-0.39, 0.29) is 19.5 Å². The molecule has 2 N–H and O–H groups in total. The summed E-state index contributed by atoms with van der Waals surface area (Å²) >= 11 is 1.39. The number of nitrogens with one attached hydrogen (secondary N) is 1. The Balaban J connectivity index is 1.61. The minimum Gasteiger partial charge on any atom is -0.407 e. The Kier molecular flexibility index (Phi) is 4.26. The van der Waals surface area contributed by atoms with Crippen molar-refractivity contribution in [2.75, 3.05) is 11.4 Å².